The van der Waals surface area contributed by atoms with Gasteiger partial charge in [0, 0.05) is 6.04 Å². The summed E-state index contributed by atoms with van der Waals surface area (Å²) in [6, 6.07) is 0.636. The van der Waals surface area contributed by atoms with Crippen molar-refractivity contribution in [3.63, 3.8) is 0 Å². The van der Waals surface area contributed by atoms with Crippen LogP contribution in [0.1, 0.15) is 42.5 Å². The summed E-state index contributed by atoms with van der Waals surface area (Å²) < 4.78 is 0. The van der Waals surface area contributed by atoms with E-state index in [0.29, 0.717) is 6.04 Å². The highest BCUT2D eigenvalue weighted by Crippen LogP contribution is 1.87. The lowest BCUT2D eigenvalue weighted by molar-refractivity contribution is 0.505. The highest BCUT2D eigenvalue weighted by molar-refractivity contribution is 4.54. The number of hydrogen-bond acceptors (Lipinski definition) is 1. The first-order chi connectivity index (χ1) is 3.63. The molecule has 1 N–H and O–H groups in total. The van der Waals surface area contributed by atoms with Crippen LogP contribution in [0.15, 0.2) is 0 Å². The topological polar surface area (TPSA) is 12.0 Å². The van der Waals surface area contributed by atoms with E-state index < -0.39 is 0 Å². The van der Waals surface area contributed by atoms with Gasteiger partial charge in [0.15, 0.2) is 0 Å². The molecule has 0 fully saturated rings. The van der Waals surface area contributed by atoms with E-state index in [1.807, 2.05) is 0 Å². The van der Waals surface area contributed by atoms with Gasteiger partial charge in [0.1, 0.15) is 0 Å². The lowest BCUT2D eigenvalue weighted by Gasteiger charge is -2.09. The molecule has 1 nitrogen and oxygen atoms in total. The zero-order valence-corrected chi connectivity index (χ0v) is 6.36. The van der Waals surface area contributed by atoms with Gasteiger partial charge in [0.05, 0.1) is 0 Å². The molecule has 0 bridgehead atoms. The first-order valence-electron chi connectivity index (χ1n) is 3.36. The Bertz CT molecular complexity index is 40.7. The molecule has 0 aromatic carbocycles. The van der Waals surface area contributed by atoms with E-state index in [4.69, 9.17) is 0 Å². The van der Waals surface area contributed by atoms with Crippen LogP contribution in [0.25, 0.3) is 0 Å². The Kier molecular flexibility index (Phi) is 14.8. The van der Waals surface area contributed by atoms with E-state index in [1.165, 1.54) is 0 Å². The second-order valence-corrected chi connectivity index (χ2v) is 2.96. The first-order valence-corrected chi connectivity index (χ1v) is 3.36. The van der Waals surface area contributed by atoms with Crippen LogP contribution >= 0.6 is 0 Å². The maximum absolute atomic E-state index is 3.34. The van der Waals surface area contributed by atoms with Gasteiger partial charge in [0.25, 0.3) is 0 Å². The molecule has 10 heavy (non-hydrogen) atoms. The summed E-state index contributed by atoms with van der Waals surface area (Å²) in [5, 5.41) is 3.34. The van der Waals surface area contributed by atoms with Crippen LogP contribution in [0.5, 0.6) is 0 Å². The molecule has 1 heteroatoms. The molecule has 0 aromatic heterocycles. The first kappa shape index (κ1) is 16.5. The van der Waals surface area contributed by atoms with E-state index in [1.54, 1.807) is 0 Å². The van der Waals surface area contributed by atoms with Crippen LogP contribution in [-0.4, -0.2) is 12.6 Å². The van der Waals surface area contributed by atoms with Crippen LogP contribution in [-0.2, 0) is 0 Å². The third-order valence-corrected chi connectivity index (χ3v) is 0.934. The van der Waals surface area contributed by atoms with E-state index >= 15 is 0 Å². The summed E-state index contributed by atoms with van der Waals surface area (Å²) in [5.41, 5.74) is 0. The van der Waals surface area contributed by atoms with Gasteiger partial charge in [-0.15, -0.1) is 0 Å². The second-order valence-electron chi connectivity index (χ2n) is 2.96. The highest BCUT2D eigenvalue weighted by Gasteiger charge is 1.93. The molecule has 0 atom stereocenters. The molecule has 66 valence electrons. The average Bonchev–Trinajstić information content (AvgIpc) is 1.61. The summed E-state index contributed by atoms with van der Waals surface area (Å²) in [7, 11) is 0. The Labute approximate surface area is 67.2 Å². The van der Waals surface area contributed by atoms with Crippen molar-refractivity contribution in [3.05, 3.63) is 0 Å². The van der Waals surface area contributed by atoms with Crippen LogP contribution < -0.4 is 5.32 Å². The Morgan fingerprint density at radius 3 is 1.50 bits per heavy atom. The molecule has 0 heterocycles. The van der Waals surface area contributed by atoms with Gasteiger partial charge < -0.3 is 5.32 Å². The van der Waals surface area contributed by atoms with Gasteiger partial charge in [-0.3, -0.25) is 0 Å². The molecule has 0 spiro atoms. The average molecular weight is 147 g/mol. The van der Waals surface area contributed by atoms with Crippen LogP contribution in [0.3, 0.4) is 0 Å². The molecule has 0 amide bonds. The van der Waals surface area contributed by atoms with Crippen molar-refractivity contribution in [2.75, 3.05) is 6.54 Å². The molecule has 0 saturated heterocycles. The maximum Gasteiger partial charge on any atom is 0.00104 e. The van der Waals surface area contributed by atoms with Crippen molar-refractivity contribution in [1.82, 2.24) is 5.32 Å². The van der Waals surface area contributed by atoms with Crippen LogP contribution in [0.2, 0.25) is 0 Å². The summed E-state index contributed by atoms with van der Waals surface area (Å²) in [5.74, 6) is 0.775. The molecule has 0 unspecified atom stereocenters. The zero-order valence-electron chi connectivity index (χ0n) is 6.36. The van der Waals surface area contributed by atoms with E-state index in [-0.39, 0.29) is 14.9 Å². The lowest BCUT2D eigenvalue weighted by Crippen LogP contribution is -2.26. The SMILES string of the molecule is C.C.CC(C)CNC(C)C. The number of hydrogen-bond donors (Lipinski definition) is 1. The largest absolute Gasteiger partial charge is 0.314 e. The van der Waals surface area contributed by atoms with Crippen LogP contribution in [0, 0.1) is 5.92 Å². The molecule has 0 aliphatic carbocycles. The fourth-order valence-corrected chi connectivity index (χ4v) is 0.471. The minimum atomic E-state index is 0. The van der Waals surface area contributed by atoms with Crippen molar-refractivity contribution < 1.29 is 0 Å². The normalized spacial score (nSPS) is 9.00. The van der Waals surface area contributed by atoms with Gasteiger partial charge in [-0.05, 0) is 12.5 Å². The van der Waals surface area contributed by atoms with Gasteiger partial charge in [-0.25, -0.2) is 0 Å². The van der Waals surface area contributed by atoms with E-state index in [0.717, 1.165) is 12.5 Å². The van der Waals surface area contributed by atoms with Crippen molar-refractivity contribution in [2.24, 2.45) is 5.92 Å². The Morgan fingerprint density at radius 2 is 1.40 bits per heavy atom. The van der Waals surface area contributed by atoms with Crippen molar-refractivity contribution >= 4 is 0 Å². The van der Waals surface area contributed by atoms with E-state index in [9.17, 15) is 0 Å². The third kappa shape index (κ3) is 15.7. The van der Waals surface area contributed by atoms with E-state index in [2.05, 4.69) is 33.0 Å². The Hall–Kier alpha value is -0.0400. The quantitative estimate of drug-likeness (QED) is 0.647. The maximum atomic E-state index is 3.34. The van der Waals surface area contributed by atoms with Crippen molar-refractivity contribution in [2.45, 2.75) is 48.6 Å². The molecule has 0 radical (unpaired) electrons. The summed E-state index contributed by atoms with van der Waals surface area (Å²) in [4.78, 5) is 0. The molecule has 0 aromatic rings. The highest BCUT2D eigenvalue weighted by atomic mass is 14.9. The standard InChI is InChI=1S/C7H17N.2CH4/c1-6(2)5-8-7(3)4;;/h6-8H,5H2,1-4H3;2*1H4. The molecule has 0 saturated carbocycles. The summed E-state index contributed by atoms with van der Waals surface area (Å²) in [6.07, 6.45) is 0. The predicted octanol–water partition coefficient (Wildman–Crippen LogP) is 2.91. The molecule has 0 rings (SSSR count). The third-order valence-electron chi connectivity index (χ3n) is 0.934. The van der Waals surface area contributed by atoms with Gasteiger partial charge >= 0.3 is 0 Å². The number of nitrogens with one attached hydrogen (secondary N) is 1. The summed E-state index contributed by atoms with van der Waals surface area (Å²) >= 11 is 0. The zero-order chi connectivity index (χ0) is 6.57. The number of rotatable bonds is 3. The summed E-state index contributed by atoms with van der Waals surface area (Å²) in [6.45, 7) is 9.91. The van der Waals surface area contributed by atoms with Gasteiger partial charge in [-0.1, -0.05) is 42.5 Å². The smallest absolute Gasteiger partial charge is 0.00104 e. The van der Waals surface area contributed by atoms with Gasteiger partial charge in [-0.2, -0.15) is 0 Å². The Morgan fingerprint density at radius 1 is 1.00 bits per heavy atom. The molecule has 0 aliphatic heterocycles. The molecular formula is C9H25N. The Balaban J connectivity index is -0.000000245. The predicted molar refractivity (Wildman–Crippen MR) is 51.4 cm³/mol. The van der Waals surface area contributed by atoms with Gasteiger partial charge in [0.2, 0.25) is 0 Å². The minimum absolute atomic E-state index is 0. The van der Waals surface area contributed by atoms with Crippen LogP contribution in [0.4, 0.5) is 0 Å². The van der Waals surface area contributed by atoms with Crippen molar-refractivity contribution in [3.8, 4) is 0 Å². The molecule has 0 aliphatic rings. The minimum Gasteiger partial charge on any atom is -0.314 e. The lowest BCUT2D eigenvalue weighted by atomic mass is 10.2. The second kappa shape index (κ2) is 8.96. The molecular weight excluding hydrogens is 122 g/mol. The van der Waals surface area contributed by atoms with Crippen molar-refractivity contribution in [1.29, 1.82) is 0 Å². The monoisotopic (exact) mass is 147 g/mol. The fourth-order valence-electron chi connectivity index (χ4n) is 0.471. The fraction of sp³-hybridized carbons (Fsp3) is 1.00.